The Morgan fingerprint density at radius 2 is 1.89 bits per heavy atom. The standard InChI is InChI=1S/C23H29NO4/c1-4-13-27-19-12-7-6-9-16(19)21-20(23(26)28-14-5-2)15(3)24-17-10-8-11-18(25)22(17)21/h6-7,9,12,21,24H,4-5,8,10-11,13-14H2,1-3H3/t21-/m1/s1. The number of dihydropyridines is 1. The van der Waals surface area contributed by atoms with E-state index in [-0.39, 0.29) is 11.8 Å². The van der Waals surface area contributed by atoms with Crippen LogP contribution in [0.1, 0.15) is 64.4 Å². The Kier molecular flexibility index (Phi) is 6.55. The van der Waals surface area contributed by atoms with Gasteiger partial charge in [0.25, 0.3) is 0 Å². The Labute approximate surface area is 166 Å². The average Bonchev–Trinajstić information content (AvgIpc) is 2.70. The summed E-state index contributed by atoms with van der Waals surface area (Å²) in [5.41, 5.74) is 3.73. The van der Waals surface area contributed by atoms with Crippen molar-refractivity contribution in [2.45, 2.75) is 58.8 Å². The first-order valence-corrected chi connectivity index (χ1v) is 10.2. The van der Waals surface area contributed by atoms with Gasteiger partial charge in [-0.1, -0.05) is 32.0 Å². The van der Waals surface area contributed by atoms with Crippen LogP contribution in [0.25, 0.3) is 0 Å². The van der Waals surface area contributed by atoms with Gasteiger partial charge in [-0.15, -0.1) is 0 Å². The SMILES string of the molecule is CCCOC(=O)C1=C(C)NC2=C(C(=O)CCC2)[C@@H]1c1ccccc1OCCC. The van der Waals surface area contributed by atoms with Gasteiger partial charge in [0.05, 0.1) is 24.7 Å². The Morgan fingerprint density at radius 3 is 2.64 bits per heavy atom. The minimum absolute atomic E-state index is 0.0948. The van der Waals surface area contributed by atoms with E-state index >= 15 is 0 Å². The van der Waals surface area contributed by atoms with Crippen molar-refractivity contribution in [3.8, 4) is 5.75 Å². The molecule has 1 atom stereocenters. The van der Waals surface area contributed by atoms with E-state index in [0.717, 1.165) is 48.4 Å². The molecule has 5 nitrogen and oxygen atoms in total. The van der Waals surface area contributed by atoms with E-state index in [4.69, 9.17) is 9.47 Å². The third-order valence-corrected chi connectivity index (χ3v) is 5.12. The first-order chi connectivity index (χ1) is 13.6. The number of nitrogens with one attached hydrogen (secondary N) is 1. The van der Waals surface area contributed by atoms with Crippen molar-refractivity contribution in [1.82, 2.24) is 5.32 Å². The predicted molar refractivity (Wildman–Crippen MR) is 108 cm³/mol. The van der Waals surface area contributed by atoms with Crippen LogP contribution in [0.5, 0.6) is 5.75 Å². The molecule has 2 aliphatic rings. The minimum atomic E-state index is -0.457. The second kappa shape index (κ2) is 9.09. The Bertz CT molecular complexity index is 822. The molecule has 0 bridgehead atoms. The highest BCUT2D eigenvalue weighted by Crippen LogP contribution is 2.45. The fourth-order valence-electron chi connectivity index (χ4n) is 3.90. The molecule has 1 aliphatic carbocycles. The number of para-hydroxylation sites is 1. The molecule has 1 aromatic carbocycles. The van der Waals surface area contributed by atoms with Gasteiger partial charge in [0.15, 0.2) is 5.78 Å². The zero-order chi connectivity index (χ0) is 20.1. The van der Waals surface area contributed by atoms with Crippen molar-refractivity contribution in [2.24, 2.45) is 0 Å². The lowest BCUT2D eigenvalue weighted by molar-refractivity contribution is -0.139. The van der Waals surface area contributed by atoms with E-state index in [9.17, 15) is 9.59 Å². The summed E-state index contributed by atoms with van der Waals surface area (Å²) in [4.78, 5) is 25.9. The van der Waals surface area contributed by atoms with Gasteiger partial charge < -0.3 is 14.8 Å². The largest absolute Gasteiger partial charge is 0.493 e. The molecule has 0 saturated heterocycles. The fourth-order valence-corrected chi connectivity index (χ4v) is 3.90. The molecule has 0 radical (unpaired) electrons. The van der Waals surface area contributed by atoms with E-state index in [1.807, 2.05) is 38.1 Å². The van der Waals surface area contributed by atoms with Crippen molar-refractivity contribution in [1.29, 1.82) is 0 Å². The minimum Gasteiger partial charge on any atom is -0.493 e. The van der Waals surface area contributed by atoms with E-state index in [2.05, 4.69) is 12.2 Å². The van der Waals surface area contributed by atoms with Gasteiger partial charge in [0.1, 0.15) is 5.75 Å². The highest BCUT2D eigenvalue weighted by Gasteiger charge is 2.40. The molecule has 0 spiro atoms. The summed E-state index contributed by atoms with van der Waals surface area (Å²) in [7, 11) is 0. The monoisotopic (exact) mass is 383 g/mol. The zero-order valence-electron chi connectivity index (χ0n) is 17.0. The number of ether oxygens (including phenoxy) is 2. The summed E-state index contributed by atoms with van der Waals surface area (Å²) >= 11 is 0. The fraction of sp³-hybridized carbons (Fsp3) is 0.478. The molecule has 1 aliphatic heterocycles. The van der Waals surface area contributed by atoms with Gasteiger partial charge in [-0.2, -0.15) is 0 Å². The summed E-state index contributed by atoms with van der Waals surface area (Å²) in [5, 5.41) is 3.32. The molecule has 0 fully saturated rings. The van der Waals surface area contributed by atoms with E-state index in [1.165, 1.54) is 0 Å². The van der Waals surface area contributed by atoms with Crippen molar-refractivity contribution in [2.75, 3.05) is 13.2 Å². The number of benzene rings is 1. The van der Waals surface area contributed by atoms with Crippen LogP contribution in [0.2, 0.25) is 0 Å². The number of esters is 1. The molecule has 1 heterocycles. The van der Waals surface area contributed by atoms with Crippen molar-refractivity contribution >= 4 is 11.8 Å². The lowest BCUT2D eigenvalue weighted by atomic mass is 9.75. The summed E-state index contributed by atoms with van der Waals surface area (Å²) in [6.45, 7) is 6.84. The number of hydrogen-bond donors (Lipinski definition) is 1. The molecular formula is C23H29NO4. The number of carbonyl (C=O) groups is 2. The smallest absolute Gasteiger partial charge is 0.336 e. The van der Waals surface area contributed by atoms with Crippen LogP contribution in [0.3, 0.4) is 0 Å². The maximum atomic E-state index is 13.0. The summed E-state index contributed by atoms with van der Waals surface area (Å²) in [5.74, 6) is -0.0130. The molecule has 0 amide bonds. The zero-order valence-corrected chi connectivity index (χ0v) is 17.0. The van der Waals surface area contributed by atoms with Crippen LogP contribution in [-0.2, 0) is 14.3 Å². The summed E-state index contributed by atoms with van der Waals surface area (Å²) in [6, 6.07) is 7.70. The van der Waals surface area contributed by atoms with Gasteiger partial charge >= 0.3 is 5.97 Å². The van der Waals surface area contributed by atoms with Crippen molar-refractivity contribution in [3.05, 3.63) is 52.4 Å². The number of Topliss-reactive ketones (excluding diaryl/α,β-unsaturated/α-hetero) is 1. The molecule has 1 aromatic rings. The highest BCUT2D eigenvalue weighted by atomic mass is 16.5. The third-order valence-electron chi connectivity index (χ3n) is 5.12. The van der Waals surface area contributed by atoms with Gasteiger partial charge in [0, 0.05) is 29.0 Å². The van der Waals surface area contributed by atoms with Gasteiger partial charge in [-0.25, -0.2) is 4.79 Å². The molecule has 28 heavy (non-hydrogen) atoms. The number of hydrogen-bond acceptors (Lipinski definition) is 5. The van der Waals surface area contributed by atoms with Crippen LogP contribution in [0, 0.1) is 0 Å². The van der Waals surface area contributed by atoms with Crippen LogP contribution < -0.4 is 10.1 Å². The maximum absolute atomic E-state index is 13.0. The number of rotatable bonds is 7. The van der Waals surface area contributed by atoms with Crippen LogP contribution in [0.15, 0.2) is 46.8 Å². The molecule has 0 unspecified atom stereocenters. The molecule has 0 aromatic heterocycles. The maximum Gasteiger partial charge on any atom is 0.336 e. The van der Waals surface area contributed by atoms with E-state index < -0.39 is 5.92 Å². The second-order valence-corrected chi connectivity index (χ2v) is 7.29. The first kappa shape index (κ1) is 20.2. The second-order valence-electron chi connectivity index (χ2n) is 7.29. The van der Waals surface area contributed by atoms with Gasteiger partial charge in [-0.3, -0.25) is 4.79 Å². The first-order valence-electron chi connectivity index (χ1n) is 10.2. The molecule has 1 N–H and O–H groups in total. The molecule has 0 saturated carbocycles. The number of allylic oxidation sites excluding steroid dienone is 3. The van der Waals surface area contributed by atoms with Gasteiger partial charge in [-0.05, 0) is 38.7 Å². The predicted octanol–water partition coefficient (Wildman–Crippen LogP) is 4.40. The topological polar surface area (TPSA) is 64.6 Å². The normalized spacial score (nSPS) is 19.2. The summed E-state index contributed by atoms with van der Waals surface area (Å²) in [6.07, 6.45) is 3.77. The van der Waals surface area contributed by atoms with Crippen LogP contribution >= 0.6 is 0 Å². The van der Waals surface area contributed by atoms with Crippen LogP contribution in [-0.4, -0.2) is 25.0 Å². The number of ketones is 1. The van der Waals surface area contributed by atoms with Crippen LogP contribution in [0.4, 0.5) is 0 Å². The van der Waals surface area contributed by atoms with Gasteiger partial charge in [0.2, 0.25) is 0 Å². The highest BCUT2D eigenvalue weighted by molar-refractivity contribution is 6.04. The lowest BCUT2D eigenvalue weighted by Gasteiger charge is -2.34. The Balaban J connectivity index is 2.13. The Morgan fingerprint density at radius 1 is 1.14 bits per heavy atom. The Hall–Kier alpha value is -2.56. The summed E-state index contributed by atoms with van der Waals surface area (Å²) < 4.78 is 11.4. The molecule has 5 heteroatoms. The molecule has 150 valence electrons. The van der Waals surface area contributed by atoms with E-state index in [1.54, 1.807) is 0 Å². The quantitative estimate of drug-likeness (QED) is 0.707. The third kappa shape index (κ3) is 3.98. The van der Waals surface area contributed by atoms with Crippen molar-refractivity contribution in [3.63, 3.8) is 0 Å². The van der Waals surface area contributed by atoms with E-state index in [0.29, 0.717) is 30.8 Å². The molecule has 3 rings (SSSR count). The van der Waals surface area contributed by atoms with Crippen molar-refractivity contribution < 1.29 is 19.1 Å². The lowest BCUT2D eigenvalue weighted by Crippen LogP contribution is -2.34. The average molecular weight is 383 g/mol. The molecular weight excluding hydrogens is 354 g/mol. The number of carbonyl (C=O) groups excluding carboxylic acids is 2.